The van der Waals surface area contributed by atoms with E-state index in [1.165, 1.54) is 24.3 Å². The van der Waals surface area contributed by atoms with Crippen LogP contribution in [0.25, 0.3) is 11.1 Å². The van der Waals surface area contributed by atoms with E-state index in [0.717, 1.165) is 33.4 Å². The molecule has 0 saturated carbocycles. The molecule has 0 heterocycles. The highest BCUT2D eigenvalue weighted by Crippen LogP contribution is 2.44. The summed E-state index contributed by atoms with van der Waals surface area (Å²) in [5, 5.41) is 4.13. The summed E-state index contributed by atoms with van der Waals surface area (Å²) in [7, 11) is -3.08. The first-order chi connectivity index (χ1) is 22.1. The molecule has 0 atom stereocenters. The molecular weight excluding hydrogens is 632 g/mol. The second-order valence-electron chi connectivity index (χ2n) is 10.5. The average Bonchev–Trinajstić information content (AvgIpc) is 3.06. The fourth-order valence-corrected chi connectivity index (χ4v) is 10.4. The molecule has 0 nitrogen and oxygen atoms in total. The lowest BCUT2D eigenvalue weighted by molar-refractivity contribution is -0.138. The molecule has 0 unspecified atom stereocenters. The lowest BCUT2D eigenvalue weighted by atomic mass is 10.0. The number of hydrogen-bond acceptors (Lipinski definition) is 0. The normalized spacial score (nSPS) is 12.1. The molecule has 6 aromatic rings. The Kier molecular flexibility index (Phi) is 9.13. The van der Waals surface area contributed by atoms with Crippen molar-refractivity contribution in [2.75, 3.05) is 0 Å². The zero-order valence-electron chi connectivity index (χ0n) is 24.2. The molecule has 0 spiro atoms. The molecule has 0 N–H and O–H groups in total. The highest BCUT2D eigenvalue weighted by Gasteiger charge is 2.35. The molecule has 0 fully saturated rings. The Morgan fingerprint density at radius 1 is 0.326 bits per heavy atom. The molecule has 6 rings (SSSR count). The van der Waals surface area contributed by atoms with Crippen molar-refractivity contribution in [2.24, 2.45) is 0 Å². The van der Waals surface area contributed by atoms with Crippen LogP contribution in [0.2, 0.25) is 0 Å². The zero-order chi connectivity index (χ0) is 32.3. The highest BCUT2D eigenvalue weighted by molar-refractivity contribution is 7.80. The molecule has 0 amide bonds. The first-order valence-corrected chi connectivity index (χ1v) is 17.0. The summed E-state index contributed by atoms with van der Waals surface area (Å²) in [5.74, 6) is 0. The predicted molar refractivity (Wildman–Crippen MR) is 179 cm³/mol. The number of alkyl halides is 6. The van der Waals surface area contributed by atoms with Crippen LogP contribution in [0.15, 0.2) is 158 Å². The van der Waals surface area contributed by atoms with Crippen molar-refractivity contribution >= 4 is 47.7 Å². The molecule has 0 radical (unpaired) electrons. The summed E-state index contributed by atoms with van der Waals surface area (Å²) in [6.07, 6.45) is -9.24. The van der Waals surface area contributed by atoms with E-state index in [1.54, 1.807) is 0 Å². The van der Waals surface area contributed by atoms with Crippen LogP contribution in [-0.2, 0) is 12.4 Å². The van der Waals surface area contributed by atoms with Crippen molar-refractivity contribution in [2.45, 2.75) is 12.4 Å². The van der Waals surface area contributed by atoms with Gasteiger partial charge in [0.1, 0.15) is 0 Å². The van der Waals surface area contributed by atoms with Crippen LogP contribution in [0.3, 0.4) is 0 Å². The van der Waals surface area contributed by atoms with Gasteiger partial charge in [0.2, 0.25) is 0 Å². The maximum atomic E-state index is 14.3. The van der Waals surface area contributed by atoms with Gasteiger partial charge in [-0.2, -0.15) is 26.3 Å². The van der Waals surface area contributed by atoms with Gasteiger partial charge < -0.3 is 0 Å². The number of halogens is 6. The Morgan fingerprint density at radius 3 is 0.826 bits per heavy atom. The van der Waals surface area contributed by atoms with E-state index >= 15 is 0 Å². The second kappa shape index (κ2) is 13.2. The summed E-state index contributed by atoms with van der Waals surface area (Å²) in [5.41, 5.74) is -0.690. The van der Waals surface area contributed by atoms with Gasteiger partial charge in [-0.05, 0) is 83.1 Å². The van der Waals surface area contributed by atoms with Crippen LogP contribution in [0, 0.1) is 0 Å². The Labute approximate surface area is 265 Å². The second-order valence-corrected chi connectivity index (χ2v) is 14.8. The summed E-state index contributed by atoms with van der Waals surface area (Å²) in [6, 6.07) is 44.4. The van der Waals surface area contributed by atoms with Gasteiger partial charge in [-0.3, -0.25) is 0 Å². The topological polar surface area (TPSA) is 0 Å². The number of benzene rings is 6. The predicted octanol–water partition coefficient (Wildman–Crippen LogP) is 8.91. The summed E-state index contributed by atoms with van der Waals surface area (Å²) in [6.45, 7) is 0. The van der Waals surface area contributed by atoms with Crippen molar-refractivity contribution in [3.63, 3.8) is 0 Å². The quantitative estimate of drug-likeness (QED) is 0.119. The Morgan fingerprint density at radius 2 is 0.587 bits per heavy atom. The van der Waals surface area contributed by atoms with Crippen LogP contribution < -0.4 is 31.8 Å². The van der Waals surface area contributed by atoms with Gasteiger partial charge in [0.15, 0.2) is 0 Å². The van der Waals surface area contributed by atoms with Gasteiger partial charge in [-0.15, -0.1) is 0 Å². The summed E-state index contributed by atoms with van der Waals surface area (Å²) < 4.78 is 85.7. The van der Waals surface area contributed by atoms with Crippen LogP contribution in [0.4, 0.5) is 26.3 Å². The fraction of sp³-hybridized carbons (Fsp3) is 0.0526. The molecule has 8 heteroatoms. The first kappa shape index (κ1) is 31.7. The van der Waals surface area contributed by atoms with E-state index in [0.29, 0.717) is 21.7 Å². The first-order valence-electron chi connectivity index (χ1n) is 14.3. The van der Waals surface area contributed by atoms with Crippen molar-refractivity contribution in [3.8, 4) is 11.1 Å². The monoisotopic (exact) mass is 658 g/mol. The third-order valence-corrected chi connectivity index (χ3v) is 12.4. The van der Waals surface area contributed by atoms with Gasteiger partial charge in [0.25, 0.3) is 0 Å². The average molecular weight is 659 g/mol. The van der Waals surface area contributed by atoms with Crippen LogP contribution in [0.1, 0.15) is 11.1 Å². The van der Waals surface area contributed by atoms with Crippen LogP contribution in [0.5, 0.6) is 0 Å². The van der Waals surface area contributed by atoms with Crippen molar-refractivity contribution in [3.05, 3.63) is 169 Å². The molecule has 0 aliphatic heterocycles. The third-order valence-electron chi connectivity index (χ3n) is 7.48. The van der Waals surface area contributed by atoms with Gasteiger partial charge in [-0.1, -0.05) is 133 Å². The van der Waals surface area contributed by atoms with Gasteiger partial charge >= 0.3 is 12.4 Å². The van der Waals surface area contributed by atoms with E-state index < -0.39 is 39.3 Å². The van der Waals surface area contributed by atoms with E-state index in [9.17, 15) is 26.3 Å². The minimum Gasteiger partial charge on any atom is -0.166 e. The maximum Gasteiger partial charge on any atom is 0.416 e. The highest BCUT2D eigenvalue weighted by atomic mass is 31.1. The smallest absolute Gasteiger partial charge is 0.166 e. The van der Waals surface area contributed by atoms with Gasteiger partial charge in [-0.25, -0.2) is 0 Å². The minimum atomic E-state index is -4.62. The molecule has 0 bridgehead atoms. The van der Waals surface area contributed by atoms with Crippen LogP contribution >= 0.6 is 15.8 Å². The van der Waals surface area contributed by atoms with E-state index in [1.807, 2.05) is 121 Å². The number of rotatable bonds is 7. The fourth-order valence-electron chi connectivity index (χ4n) is 5.40. The lowest BCUT2D eigenvalue weighted by Crippen LogP contribution is -2.27. The van der Waals surface area contributed by atoms with Gasteiger partial charge in [0.05, 0.1) is 11.1 Å². The molecule has 0 aliphatic rings. The number of hydrogen-bond donors (Lipinski definition) is 0. The lowest BCUT2D eigenvalue weighted by Gasteiger charge is -2.27. The van der Waals surface area contributed by atoms with Crippen molar-refractivity contribution < 1.29 is 26.3 Å². The SMILES string of the molecule is FC(F)(F)c1ccc(-c2ccc(C(F)(F)F)cc2P(c2ccccc2)c2ccccc2)c(P(c2ccccc2)c2ccccc2)c1. The van der Waals surface area contributed by atoms with Crippen molar-refractivity contribution in [1.82, 2.24) is 0 Å². The summed E-state index contributed by atoms with van der Waals surface area (Å²) >= 11 is 0. The largest absolute Gasteiger partial charge is 0.416 e. The van der Waals surface area contributed by atoms with E-state index in [4.69, 9.17) is 0 Å². The molecule has 6 aromatic carbocycles. The van der Waals surface area contributed by atoms with Gasteiger partial charge in [0, 0.05) is 0 Å². The molecule has 230 valence electrons. The third kappa shape index (κ3) is 6.79. The minimum absolute atomic E-state index is 0.416. The van der Waals surface area contributed by atoms with Crippen molar-refractivity contribution in [1.29, 1.82) is 0 Å². The maximum absolute atomic E-state index is 14.3. The molecule has 0 aromatic heterocycles. The Bertz CT molecular complexity index is 1690. The summed E-state index contributed by atoms with van der Waals surface area (Å²) in [4.78, 5) is 0. The molecule has 0 aliphatic carbocycles. The Balaban J connectivity index is 1.70. The van der Waals surface area contributed by atoms with E-state index in [-0.39, 0.29) is 0 Å². The standard InChI is InChI=1S/C38H26F6P2/c39-37(40,41)27-21-23-33(35(25-27)45(29-13-5-1-6-14-29)30-15-7-2-8-16-30)34-24-22-28(38(42,43)44)26-36(34)46(31-17-9-3-10-18-31)32-19-11-4-12-20-32/h1-26H. The molecular formula is C38H26F6P2. The van der Waals surface area contributed by atoms with Crippen LogP contribution in [-0.4, -0.2) is 0 Å². The zero-order valence-corrected chi connectivity index (χ0v) is 26.0. The molecule has 46 heavy (non-hydrogen) atoms. The molecule has 0 saturated heterocycles. The Hall–Kier alpha value is -4.24. The van der Waals surface area contributed by atoms with E-state index in [2.05, 4.69) is 0 Å².